The molecule has 0 bridgehead atoms. The molecule has 2 aromatic carbocycles. The third-order valence-electron chi connectivity index (χ3n) is 7.92. The van der Waals surface area contributed by atoms with Crippen molar-refractivity contribution >= 4 is 5.91 Å². The lowest BCUT2D eigenvalue weighted by atomic mass is 9.67. The number of hydrogen-bond acceptors (Lipinski definition) is 3. The Morgan fingerprint density at radius 2 is 1.79 bits per heavy atom. The molecule has 1 amide bonds. The van der Waals surface area contributed by atoms with Gasteiger partial charge in [-0.1, -0.05) is 49.4 Å². The van der Waals surface area contributed by atoms with Crippen molar-refractivity contribution < 1.29 is 9.90 Å². The molecule has 2 aliphatic carbocycles. The maximum Gasteiger partial charge on any atom is 0.248 e. The van der Waals surface area contributed by atoms with E-state index in [0.717, 1.165) is 38.9 Å². The molecule has 3 fully saturated rings. The topological polar surface area (TPSA) is 66.6 Å². The lowest BCUT2D eigenvalue weighted by Gasteiger charge is -2.46. The Morgan fingerprint density at radius 3 is 2.41 bits per heavy atom. The Kier molecular flexibility index (Phi) is 4.34. The van der Waals surface area contributed by atoms with Crippen LogP contribution in [0.5, 0.6) is 0 Å². The van der Waals surface area contributed by atoms with E-state index in [4.69, 9.17) is 5.73 Å². The average Bonchev–Trinajstić information content (AvgIpc) is 3.10. The standard InChI is InChI=1S/C25H30N2O2/c1-2-25(20-10-6-9-18(11-20)23(26)28)21-14-27(15-22(21)25)16-24(29)12-19(13-24)17-7-4-3-5-8-17/h3-11,19,21-22,29H,2,12-16H2,1H3,(H2,26,28). The van der Waals surface area contributed by atoms with Gasteiger partial charge in [0.25, 0.3) is 0 Å². The van der Waals surface area contributed by atoms with Crippen LogP contribution in [-0.4, -0.2) is 41.1 Å². The number of rotatable bonds is 6. The monoisotopic (exact) mass is 390 g/mol. The first kappa shape index (κ1) is 18.8. The van der Waals surface area contributed by atoms with Crippen molar-refractivity contribution in [2.24, 2.45) is 17.6 Å². The molecule has 0 spiro atoms. The van der Waals surface area contributed by atoms with Gasteiger partial charge >= 0.3 is 0 Å². The number of piperidine rings is 1. The second-order valence-electron chi connectivity index (χ2n) is 9.49. The number of carbonyl (C=O) groups excluding carboxylic acids is 1. The Balaban J connectivity index is 1.22. The highest BCUT2D eigenvalue weighted by atomic mass is 16.3. The maximum absolute atomic E-state index is 11.6. The number of carbonyl (C=O) groups is 1. The van der Waals surface area contributed by atoms with Crippen LogP contribution in [-0.2, 0) is 5.41 Å². The smallest absolute Gasteiger partial charge is 0.248 e. The number of likely N-dealkylation sites (tertiary alicyclic amines) is 1. The molecular weight excluding hydrogens is 360 g/mol. The van der Waals surface area contributed by atoms with Gasteiger partial charge in [-0.3, -0.25) is 9.69 Å². The fraction of sp³-hybridized carbons (Fsp3) is 0.480. The number of nitrogens with two attached hydrogens (primary N) is 1. The van der Waals surface area contributed by atoms with Gasteiger partial charge in [0.2, 0.25) is 5.91 Å². The van der Waals surface area contributed by atoms with E-state index in [2.05, 4.69) is 42.2 Å². The maximum atomic E-state index is 11.6. The van der Waals surface area contributed by atoms with Crippen LogP contribution in [0.25, 0.3) is 0 Å². The highest BCUT2D eigenvalue weighted by molar-refractivity contribution is 5.93. The summed E-state index contributed by atoms with van der Waals surface area (Å²) in [5, 5.41) is 11.0. The zero-order valence-corrected chi connectivity index (χ0v) is 17.1. The van der Waals surface area contributed by atoms with E-state index < -0.39 is 5.60 Å². The number of benzene rings is 2. The Bertz CT molecular complexity index is 907. The fourth-order valence-electron chi connectivity index (χ4n) is 6.43. The third-order valence-corrected chi connectivity index (χ3v) is 7.92. The zero-order chi connectivity index (χ0) is 20.2. The fourth-order valence-corrected chi connectivity index (χ4v) is 6.43. The summed E-state index contributed by atoms with van der Waals surface area (Å²) in [6.07, 6.45) is 2.81. The van der Waals surface area contributed by atoms with Gasteiger partial charge in [-0.2, -0.15) is 0 Å². The van der Waals surface area contributed by atoms with Crippen molar-refractivity contribution in [2.75, 3.05) is 19.6 Å². The Hall–Kier alpha value is -2.17. The van der Waals surface area contributed by atoms with Crippen molar-refractivity contribution in [3.63, 3.8) is 0 Å². The average molecular weight is 391 g/mol. The van der Waals surface area contributed by atoms with E-state index in [9.17, 15) is 9.90 Å². The minimum atomic E-state index is -0.544. The van der Waals surface area contributed by atoms with E-state index >= 15 is 0 Å². The second kappa shape index (κ2) is 6.68. The van der Waals surface area contributed by atoms with Gasteiger partial charge in [-0.25, -0.2) is 0 Å². The van der Waals surface area contributed by atoms with E-state index in [-0.39, 0.29) is 11.3 Å². The Labute approximate surface area is 172 Å². The summed E-state index contributed by atoms with van der Waals surface area (Å²) < 4.78 is 0. The molecule has 0 aromatic heterocycles. The number of amides is 1. The van der Waals surface area contributed by atoms with E-state index in [1.807, 2.05) is 18.2 Å². The number of primary amides is 1. The van der Waals surface area contributed by atoms with Crippen molar-refractivity contribution in [1.82, 2.24) is 4.90 Å². The number of aliphatic hydroxyl groups is 1. The van der Waals surface area contributed by atoms with Crippen LogP contribution < -0.4 is 5.73 Å². The van der Waals surface area contributed by atoms with Crippen molar-refractivity contribution in [3.8, 4) is 0 Å². The number of hydrogen-bond donors (Lipinski definition) is 2. The molecule has 2 unspecified atom stereocenters. The molecule has 2 saturated carbocycles. The first-order valence-electron chi connectivity index (χ1n) is 10.9. The summed E-state index contributed by atoms with van der Waals surface area (Å²) in [4.78, 5) is 14.1. The van der Waals surface area contributed by atoms with Crippen molar-refractivity contribution in [2.45, 2.75) is 43.1 Å². The summed E-state index contributed by atoms with van der Waals surface area (Å²) in [6, 6.07) is 18.5. The molecule has 3 N–H and O–H groups in total. The molecule has 2 atom stereocenters. The first-order valence-corrected chi connectivity index (χ1v) is 10.9. The SMILES string of the molecule is CCC1(c2cccc(C(N)=O)c2)C2CN(CC3(O)CC(c4ccccc4)C3)CC21. The molecule has 5 rings (SSSR count). The predicted molar refractivity (Wildman–Crippen MR) is 114 cm³/mol. The molecule has 152 valence electrons. The van der Waals surface area contributed by atoms with Crippen LogP contribution in [0.1, 0.15) is 53.6 Å². The summed E-state index contributed by atoms with van der Waals surface area (Å²) in [5.74, 6) is 1.36. The molecule has 1 aliphatic heterocycles. The molecule has 29 heavy (non-hydrogen) atoms. The van der Waals surface area contributed by atoms with Gasteiger partial charge in [0.15, 0.2) is 0 Å². The molecule has 1 heterocycles. The molecule has 3 aliphatic rings. The van der Waals surface area contributed by atoms with E-state index in [1.165, 1.54) is 11.1 Å². The van der Waals surface area contributed by atoms with Gasteiger partial charge < -0.3 is 10.8 Å². The molecule has 2 aromatic rings. The van der Waals surface area contributed by atoms with E-state index in [1.54, 1.807) is 6.07 Å². The van der Waals surface area contributed by atoms with Crippen molar-refractivity contribution in [1.29, 1.82) is 0 Å². The summed E-state index contributed by atoms with van der Waals surface area (Å²) in [5.41, 5.74) is 8.34. The van der Waals surface area contributed by atoms with Crippen LogP contribution in [0.3, 0.4) is 0 Å². The van der Waals surface area contributed by atoms with Crippen LogP contribution in [0.2, 0.25) is 0 Å². The predicted octanol–water partition coefficient (Wildman–Crippen LogP) is 3.30. The van der Waals surface area contributed by atoms with Gasteiger partial charge in [0, 0.05) is 30.6 Å². The minimum Gasteiger partial charge on any atom is -0.389 e. The third kappa shape index (κ3) is 3.01. The number of fused-ring (bicyclic) bond motifs is 1. The second-order valence-corrected chi connectivity index (χ2v) is 9.49. The molecule has 0 radical (unpaired) electrons. The van der Waals surface area contributed by atoms with Gasteiger partial charge in [-0.05, 0) is 60.3 Å². The van der Waals surface area contributed by atoms with Crippen molar-refractivity contribution in [3.05, 3.63) is 71.3 Å². The van der Waals surface area contributed by atoms with Crippen LogP contribution in [0, 0.1) is 11.8 Å². The van der Waals surface area contributed by atoms with E-state index in [0.29, 0.717) is 23.3 Å². The number of nitrogens with zero attached hydrogens (tertiary/aromatic N) is 1. The minimum absolute atomic E-state index is 0.177. The lowest BCUT2D eigenvalue weighted by Crippen LogP contribution is -2.51. The largest absolute Gasteiger partial charge is 0.389 e. The summed E-state index contributed by atoms with van der Waals surface area (Å²) in [6.45, 7) is 5.11. The highest BCUT2D eigenvalue weighted by Crippen LogP contribution is 2.65. The quantitative estimate of drug-likeness (QED) is 0.795. The normalized spacial score (nSPS) is 35.7. The summed E-state index contributed by atoms with van der Waals surface area (Å²) in [7, 11) is 0. The first-order chi connectivity index (χ1) is 13.9. The summed E-state index contributed by atoms with van der Waals surface area (Å²) >= 11 is 0. The zero-order valence-electron chi connectivity index (χ0n) is 17.1. The van der Waals surface area contributed by atoms with Gasteiger partial charge in [0.1, 0.15) is 0 Å². The highest BCUT2D eigenvalue weighted by Gasteiger charge is 2.67. The van der Waals surface area contributed by atoms with Gasteiger partial charge in [0.05, 0.1) is 5.60 Å². The van der Waals surface area contributed by atoms with Gasteiger partial charge in [-0.15, -0.1) is 0 Å². The molecular formula is C25H30N2O2. The molecule has 4 nitrogen and oxygen atoms in total. The Morgan fingerprint density at radius 1 is 1.10 bits per heavy atom. The lowest BCUT2D eigenvalue weighted by molar-refractivity contribution is -0.0712. The van der Waals surface area contributed by atoms with Crippen LogP contribution >= 0.6 is 0 Å². The van der Waals surface area contributed by atoms with Crippen LogP contribution in [0.15, 0.2) is 54.6 Å². The van der Waals surface area contributed by atoms with Crippen LogP contribution in [0.4, 0.5) is 0 Å². The number of β-amino-alcohol motifs (C(OH)–C–C–N with tert-alkyl or cyclic N) is 1. The molecule has 1 saturated heterocycles. The molecule has 4 heteroatoms.